The van der Waals surface area contributed by atoms with Crippen LogP contribution in [0.4, 0.5) is 19.0 Å². The van der Waals surface area contributed by atoms with Crippen molar-refractivity contribution in [3.05, 3.63) is 53.7 Å². The number of rotatable bonds is 3. The molecule has 0 bridgehead atoms. The summed E-state index contributed by atoms with van der Waals surface area (Å²) in [6.07, 6.45) is 2.03. The first-order valence-electron chi connectivity index (χ1n) is 10.2. The maximum absolute atomic E-state index is 13.8. The van der Waals surface area contributed by atoms with Gasteiger partial charge in [-0.25, -0.2) is 4.98 Å². The predicted molar refractivity (Wildman–Crippen MR) is 110 cm³/mol. The summed E-state index contributed by atoms with van der Waals surface area (Å²) in [6.45, 7) is 3.38. The molecule has 7 heteroatoms. The number of pyridine rings is 1. The minimum atomic E-state index is -4.52. The van der Waals surface area contributed by atoms with Crippen LogP contribution in [0.2, 0.25) is 0 Å². The van der Waals surface area contributed by atoms with Crippen molar-refractivity contribution in [1.29, 1.82) is 0 Å². The summed E-state index contributed by atoms with van der Waals surface area (Å²) in [5, 5.41) is 0. The molecule has 2 heterocycles. The van der Waals surface area contributed by atoms with E-state index in [0.29, 0.717) is 11.5 Å². The van der Waals surface area contributed by atoms with Crippen molar-refractivity contribution in [1.82, 2.24) is 9.38 Å². The van der Waals surface area contributed by atoms with Crippen molar-refractivity contribution in [3.63, 3.8) is 0 Å². The zero-order valence-corrected chi connectivity index (χ0v) is 17.0. The fraction of sp³-hybridized carbons (Fsp3) is 0.391. The van der Waals surface area contributed by atoms with Crippen LogP contribution >= 0.6 is 0 Å². The first-order chi connectivity index (χ1) is 14.3. The van der Waals surface area contributed by atoms with Crippen molar-refractivity contribution < 1.29 is 18.0 Å². The molecular formula is C23H24F3N3O. The van der Waals surface area contributed by atoms with Crippen LogP contribution in [-0.2, 0) is 11.0 Å². The summed E-state index contributed by atoms with van der Waals surface area (Å²) in [4.78, 5) is 19.0. The van der Waals surface area contributed by atoms with Crippen molar-refractivity contribution in [2.75, 3.05) is 4.90 Å². The molecule has 158 valence electrons. The number of aryl methyl sites for hydroxylation is 1. The molecule has 1 aromatic carbocycles. The number of halogens is 3. The lowest BCUT2D eigenvalue weighted by Crippen LogP contribution is -2.41. The highest BCUT2D eigenvalue weighted by molar-refractivity contribution is 5.96. The topological polar surface area (TPSA) is 37.6 Å². The Balaban J connectivity index is 2.01. The molecule has 0 atom stereocenters. The molecule has 1 aliphatic rings. The van der Waals surface area contributed by atoms with Gasteiger partial charge in [0.15, 0.2) is 0 Å². The molecule has 30 heavy (non-hydrogen) atoms. The molecule has 4 rings (SSSR count). The number of hydrogen-bond donors (Lipinski definition) is 0. The molecule has 1 amide bonds. The maximum atomic E-state index is 13.8. The third-order valence-corrected chi connectivity index (χ3v) is 5.75. The molecule has 1 fully saturated rings. The van der Waals surface area contributed by atoms with Crippen LogP contribution in [0.3, 0.4) is 0 Å². The van der Waals surface area contributed by atoms with Crippen molar-refractivity contribution >= 4 is 17.4 Å². The molecule has 3 aromatic rings. The SMILES string of the molecule is CC(=O)N(c1c(-c2ccccc2C(F)(F)F)nc2cc(C)ccn12)C1CCCCC1. The first kappa shape index (κ1) is 20.4. The Morgan fingerprint density at radius 1 is 1.13 bits per heavy atom. The van der Waals surface area contributed by atoms with Gasteiger partial charge in [0.05, 0.1) is 5.56 Å². The number of nitrogens with zero attached hydrogens (tertiary/aromatic N) is 3. The Morgan fingerprint density at radius 3 is 2.50 bits per heavy atom. The Kier molecular flexibility index (Phi) is 5.30. The zero-order chi connectivity index (χ0) is 21.5. The van der Waals surface area contributed by atoms with Crippen molar-refractivity contribution in [3.8, 4) is 11.3 Å². The lowest BCUT2D eigenvalue weighted by atomic mass is 9.93. The third-order valence-electron chi connectivity index (χ3n) is 5.75. The lowest BCUT2D eigenvalue weighted by molar-refractivity contribution is -0.137. The van der Waals surface area contributed by atoms with Gasteiger partial charge < -0.3 is 0 Å². The maximum Gasteiger partial charge on any atom is 0.417 e. The van der Waals surface area contributed by atoms with Gasteiger partial charge in [0.1, 0.15) is 17.2 Å². The number of hydrogen-bond acceptors (Lipinski definition) is 2. The Bertz CT molecular complexity index is 1080. The van der Waals surface area contributed by atoms with E-state index in [4.69, 9.17) is 0 Å². The van der Waals surface area contributed by atoms with Crippen LogP contribution in [-0.4, -0.2) is 21.3 Å². The number of aromatic nitrogens is 2. The largest absolute Gasteiger partial charge is 0.417 e. The average molecular weight is 415 g/mol. The third kappa shape index (κ3) is 3.68. The summed E-state index contributed by atoms with van der Waals surface area (Å²) >= 11 is 0. The van der Waals surface area contributed by atoms with Crippen LogP contribution in [0.5, 0.6) is 0 Å². The van der Waals surface area contributed by atoms with Gasteiger partial charge in [-0.2, -0.15) is 13.2 Å². The summed E-state index contributed by atoms with van der Waals surface area (Å²) in [7, 11) is 0. The van der Waals surface area contributed by atoms with E-state index in [9.17, 15) is 18.0 Å². The molecule has 0 N–H and O–H groups in total. The van der Waals surface area contributed by atoms with Gasteiger partial charge in [-0.05, 0) is 43.5 Å². The minimum absolute atomic E-state index is 0.0107. The molecule has 0 radical (unpaired) electrons. The monoisotopic (exact) mass is 415 g/mol. The molecule has 0 unspecified atom stereocenters. The molecule has 2 aromatic heterocycles. The van der Waals surface area contributed by atoms with E-state index < -0.39 is 11.7 Å². The average Bonchev–Trinajstić information content (AvgIpc) is 3.06. The van der Waals surface area contributed by atoms with E-state index in [0.717, 1.165) is 43.7 Å². The van der Waals surface area contributed by atoms with Gasteiger partial charge in [-0.3, -0.25) is 14.1 Å². The van der Waals surface area contributed by atoms with Crippen LogP contribution < -0.4 is 4.90 Å². The first-order valence-corrected chi connectivity index (χ1v) is 10.2. The molecule has 1 saturated carbocycles. The Hall–Kier alpha value is -2.83. The number of amides is 1. The van der Waals surface area contributed by atoms with E-state index >= 15 is 0 Å². The number of fused-ring (bicyclic) bond motifs is 1. The summed E-state index contributed by atoms with van der Waals surface area (Å²) < 4.78 is 43.1. The molecule has 0 aliphatic heterocycles. The number of benzene rings is 1. The molecule has 1 aliphatic carbocycles. The quantitative estimate of drug-likeness (QED) is 0.525. The van der Waals surface area contributed by atoms with E-state index in [1.54, 1.807) is 21.6 Å². The summed E-state index contributed by atoms with van der Waals surface area (Å²) in [6, 6.07) is 9.08. The van der Waals surface area contributed by atoms with Crippen molar-refractivity contribution in [2.24, 2.45) is 0 Å². The molecule has 4 nitrogen and oxygen atoms in total. The fourth-order valence-corrected chi connectivity index (χ4v) is 4.40. The minimum Gasteiger partial charge on any atom is -0.293 e. The number of alkyl halides is 3. The normalized spacial score (nSPS) is 15.5. The van der Waals surface area contributed by atoms with Gasteiger partial charge in [0.25, 0.3) is 0 Å². The van der Waals surface area contributed by atoms with Crippen LogP contribution in [0, 0.1) is 6.92 Å². The number of imidazole rings is 1. The van der Waals surface area contributed by atoms with E-state index in [1.807, 2.05) is 19.1 Å². The number of carbonyl (C=O) groups excluding carboxylic acids is 1. The number of carbonyl (C=O) groups is 1. The van der Waals surface area contributed by atoms with Gasteiger partial charge >= 0.3 is 6.18 Å². The van der Waals surface area contributed by atoms with Crippen LogP contribution in [0.15, 0.2) is 42.6 Å². The smallest absolute Gasteiger partial charge is 0.293 e. The highest BCUT2D eigenvalue weighted by Crippen LogP contribution is 2.42. The lowest BCUT2D eigenvalue weighted by Gasteiger charge is -2.34. The second-order valence-electron chi connectivity index (χ2n) is 7.94. The zero-order valence-electron chi connectivity index (χ0n) is 17.0. The van der Waals surface area contributed by atoms with Gasteiger partial charge in [-0.15, -0.1) is 0 Å². The second kappa shape index (κ2) is 7.78. The van der Waals surface area contributed by atoms with Crippen LogP contribution in [0.1, 0.15) is 50.2 Å². The van der Waals surface area contributed by atoms with E-state index in [1.165, 1.54) is 19.1 Å². The highest BCUT2D eigenvalue weighted by Gasteiger charge is 2.37. The molecular weight excluding hydrogens is 391 g/mol. The number of anilines is 1. The van der Waals surface area contributed by atoms with E-state index in [-0.39, 0.29) is 23.2 Å². The highest BCUT2D eigenvalue weighted by atomic mass is 19.4. The Labute approximate surface area is 173 Å². The van der Waals surface area contributed by atoms with Crippen LogP contribution in [0.25, 0.3) is 16.9 Å². The second-order valence-corrected chi connectivity index (χ2v) is 7.94. The van der Waals surface area contributed by atoms with Gasteiger partial charge in [0, 0.05) is 24.7 Å². The molecule has 0 saturated heterocycles. The Morgan fingerprint density at radius 2 is 1.83 bits per heavy atom. The van der Waals surface area contributed by atoms with Crippen molar-refractivity contribution in [2.45, 2.75) is 58.2 Å². The van der Waals surface area contributed by atoms with Gasteiger partial charge in [0.2, 0.25) is 5.91 Å². The summed E-state index contributed by atoms with van der Waals surface area (Å²) in [5.74, 6) is 0.233. The van der Waals surface area contributed by atoms with Gasteiger partial charge in [-0.1, -0.05) is 37.5 Å². The fourth-order valence-electron chi connectivity index (χ4n) is 4.40. The predicted octanol–water partition coefficient (Wildman–Crippen LogP) is 6.01. The summed E-state index contributed by atoms with van der Waals surface area (Å²) in [5.41, 5.74) is 0.900. The van der Waals surface area contributed by atoms with E-state index in [2.05, 4.69) is 4.98 Å². The molecule has 0 spiro atoms. The standard InChI is InChI=1S/C23H24F3N3O/c1-15-12-13-28-20(14-15)27-21(18-10-6-7-11-19(18)23(24,25)26)22(28)29(16(2)30)17-8-4-3-5-9-17/h6-7,10-14,17H,3-5,8-9H2,1-2H3.